The van der Waals surface area contributed by atoms with Crippen LogP contribution in [0.5, 0.6) is 5.75 Å². The molecule has 1 N–H and O–H groups in total. The van der Waals surface area contributed by atoms with E-state index < -0.39 is 0 Å². The number of anilines is 1. The lowest BCUT2D eigenvalue weighted by molar-refractivity contribution is 0.0682. The maximum absolute atomic E-state index is 13.7. The summed E-state index contributed by atoms with van der Waals surface area (Å²) in [6, 6.07) is 13.9. The summed E-state index contributed by atoms with van der Waals surface area (Å²) in [4.78, 5) is 4.36. The van der Waals surface area contributed by atoms with Crippen LogP contribution >= 0.6 is 0 Å². The summed E-state index contributed by atoms with van der Waals surface area (Å²) in [5.74, 6) is 1.14. The van der Waals surface area contributed by atoms with Gasteiger partial charge in [0.25, 0.3) is 5.89 Å². The number of nitrogens with zero attached hydrogens (tertiary/aromatic N) is 2. The lowest BCUT2D eigenvalue weighted by Gasteiger charge is -2.15. The normalized spacial score (nSPS) is 16.4. The monoisotopic (exact) mass is 369 g/mol. The molecule has 0 amide bonds. The van der Waals surface area contributed by atoms with Crippen molar-refractivity contribution in [1.29, 1.82) is 0 Å². The topological polar surface area (TPSA) is 69.4 Å². The van der Waals surface area contributed by atoms with Gasteiger partial charge in [0.1, 0.15) is 18.2 Å². The Hall–Kier alpha value is -2.93. The standard InChI is InChI=1S/C20H20FN3O3/c21-15-8-9-18(26-13-16-7-4-10-25-16)17(11-15)22-12-19-23-20(27-24-19)14-5-2-1-3-6-14/h1-3,5-6,8-9,11,16,22H,4,7,10,12-13H2. The second kappa shape index (κ2) is 8.18. The Morgan fingerprint density at radius 3 is 2.89 bits per heavy atom. The molecule has 6 nitrogen and oxygen atoms in total. The molecule has 0 radical (unpaired) electrons. The number of rotatable bonds is 7. The smallest absolute Gasteiger partial charge is 0.257 e. The number of hydrogen-bond acceptors (Lipinski definition) is 6. The van der Waals surface area contributed by atoms with Crippen LogP contribution in [0.3, 0.4) is 0 Å². The summed E-state index contributed by atoms with van der Waals surface area (Å²) in [7, 11) is 0. The highest BCUT2D eigenvalue weighted by Crippen LogP contribution is 2.27. The summed E-state index contributed by atoms with van der Waals surface area (Å²) < 4.78 is 30.3. The van der Waals surface area contributed by atoms with Gasteiger partial charge in [-0.1, -0.05) is 23.4 Å². The molecule has 0 spiro atoms. The molecule has 0 aliphatic carbocycles. The van der Waals surface area contributed by atoms with Gasteiger partial charge in [0.05, 0.1) is 18.3 Å². The minimum Gasteiger partial charge on any atom is -0.489 e. The first-order valence-electron chi connectivity index (χ1n) is 8.94. The molecule has 3 aromatic rings. The van der Waals surface area contributed by atoms with E-state index in [0.717, 1.165) is 25.0 Å². The molecule has 2 heterocycles. The van der Waals surface area contributed by atoms with E-state index in [9.17, 15) is 4.39 Å². The van der Waals surface area contributed by atoms with Gasteiger partial charge in [0.2, 0.25) is 0 Å². The Morgan fingerprint density at radius 2 is 2.07 bits per heavy atom. The fourth-order valence-corrected chi connectivity index (χ4v) is 2.92. The molecule has 140 valence electrons. The maximum Gasteiger partial charge on any atom is 0.257 e. The summed E-state index contributed by atoms with van der Waals surface area (Å²) in [6.45, 7) is 1.50. The summed E-state index contributed by atoms with van der Waals surface area (Å²) >= 11 is 0. The van der Waals surface area contributed by atoms with Crippen molar-refractivity contribution in [1.82, 2.24) is 10.1 Å². The third-order valence-electron chi connectivity index (χ3n) is 4.32. The highest BCUT2D eigenvalue weighted by Gasteiger charge is 2.17. The van der Waals surface area contributed by atoms with E-state index in [4.69, 9.17) is 14.0 Å². The Kier molecular flexibility index (Phi) is 5.29. The summed E-state index contributed by atoms with van der Waals surface area (Å²) in [5, 5.41) is 7.09. The minimum atomic E-state index is -0.347. The van der Waals surface area contributed by atoms with Gasteiger partial charge in [-0.3, -0.25) is 0 Å². The molecule has 27 heavy (non-hydrogen) atoms. The molecule has 1 aliphatic rings. The number of aromatic nitrogens is 2. The largest absolute Gasteiger partial charge is 0.489 e. The molecule has 2 aromatic carbocycles. The van der Waals surface area contributed by atoms with Crippen molar-refractivity contribution >= 4 is 5.69 Å². The molecule has 1 atom stereocenters. The molecular formula is C20H20FN3O3. The minimum absolute atomic E-state index is 0.0912. The van der Waals surface area contributed by atoms with E-state index >= 15 is 0 Å². The van der Waals surface area contributed by atoms with Gasteiger partial charge in [-0.05, 0) is 37.1 Å². The fraction of sp³-hybridized carbons (Fsp3) is 0.300. The van der Waals surface area contributed by atoms with Crippen LogP contribution in [0, 0.1) is 5.82 Å². The second-order valence-corrected chi connectivity index (χ2v) is 6.32. The molecule has 1 aliphatic heterocycles. The van der Waals surface area contributed by atoms with Gasteiger partial charge in [0, 0.05) is 18.2 Å². The van der Waals surface area contributed by atoms with Gasteiger partial charge in [-0.25, -0.2) is 4.39 Å². The highest BCUT2D eigenvalue weighted by molar-refractivity contribution is 5.57. The van der Waals surface area contributed by atoms with E-state index in [2.05, 4.69) is 15.5 Å². The molecule has 4 rings (SSSR count). The Labute approximate surface area is 156 Å². The number of ether oxygens (including phenoxy) is 2. The average molecular weight is 369 g/mol. The molecule has 0 saturated carbocycles. The Morgan fingerprint density at radius 1 is 1.19 bits per heavy atom. The van der Waals surface area contributed by atoms with Crippen molar-refractivity contribution in [3.05, 3.63) is 60.2 Å². The van der Waals surface area contributed by atoms with E-state index in [1.807, 2.05) is 30.3 Å². The van der Waals surface area contributed by atoms with E-state index in [1.165, 1.54) is 12.1 Å². The number of nitrogens with one attached hydrogen (secondary N) is 1. The lowest BCUT2D eigenvalue weighted by atomic mass is 10.2. The summed E-state index contributed by atoms with van der Waals surface area (Å²) in [6.07, 6.45) is 2.12. The van der Waals surface area contributed by atoms with Crippen LogP contribution in [0.4, 0.5) is 10.1 Å². The molecule has 1 fully saturated rings. The van der Waals surface area contributed by atoms with Crippen molar-refractivity contribution in [2.75, 3.05) is 18.5 Å². The number of halogens is 1. The predicted molar refractivity (Wildman–Crippen MR) is 97.9 cm³/mol. The quantitative estimate of drug-likeness (QED) is 0.678. The van der Waals surface area contributed by atoms with Gasteiger partial charge >= 0.3 is 0 Å². The van der Waals surface area contributed by atoms with Crippen molar-refractivity contribution in [3.63, 3.8) is 0 Å². The number of hydrogen-bond donors (Lipinski definition) is 1. The first-order chi connectivity index (χ1) is 13.3. The van der Waals surface area contributed by atoms with Crippen molar-refractivity contribution < 1.29 is 18.4 Å². The van der Waals surface area contributed by atoms with Gasteiger partial charge < -0.3 is 19.3 Å². The molecule has 1 saturated heterocycles. The van der Waals surface area contributed by atoms with E-state index in [-0.39, 0.29) is 18.5 Å². The van der Waals surface area contributed by atoms with E-state index in [0.29, 0.717) is 29.8 Å². The first kappa shape index (κ1) is 17.5. The van der Waals surface area contributed by atoms with Crippen LogP contribution < -0.4 is 10.1 Å². The van der Waals surface area contributed by atoms with Crippen molar-refractivity contribution in [2.45, 2.75) is 25.5 Å². The SMILES string of the molecule is Fc1ccc(OCC2CCCO2)c(NCc2noc(-c3ccccc3)n2)c1. The Bertz CT molecular complexity index is 879. The number of benzene rings is 2. The second-order valence-electron chi connectivity index (χ2n) is 6.32. The van der Waals surface area contributed by atoms with Crippen LogP contribution in [0.2, 0.25) is 0 Å². The van der Waals surface area contributed by atoms with Crippen LogP contribution in [-0.4, -0.2) is 29.5 Å². The van der Waals surface area contributed by atoms with Crippen LogP contribution in [0.1, 0.15) is 18.7 Å². The fourth-order valence-electron chi connectivity index (χ4n) is 2.92. The third-order valence-corrected chi connectivity index (χ3v) is 4.32. The van der Waals surface area contributed by atoms with Crippen LogP contribution in [-0.2, 0) is 11.3 Å². The molecule has 1 aromatic heterocycles. The van der Waals surface area contributed by atoms with Crippen molar-refractivity contribution in [3.8, 4) is 17.2 Å². The first-order valence-corrected chi connectivity index (χ1v) is 8.94. The zero-order chi connectivity index (χ0) is 18.5. The molecule has 0 bridgehead atoms. The third kappa shape index (κ3) is 4.43. The van der Waals surface area contributed by atoms with Gasteiger partial charge in [0.15, 0.2) is 5.82 Å². The molecular weight excluding hydrogens is 349 g/mol. The average Bonchev–Trinajstić information content (AvgIpc) is 3.38. The highest BCUT2D eigenvalue weighted by atomic mass is 19.1. The predicted octanol–water partition coefficient (Wildman–Crippen LogP) is 4.05. The zero-order valence-electron chi connectivity index (χ0n) is 14.7. The molecule has 1 unspecified atom stereocenters. The van der Waals surface area contributed by atoms with Gasteiger partial charge in [-0.2, -0.15) is 4.98 Å². The van der Waals surface area contributed by atoms with Gasteiger partial charge in [-0.15, -0.1) is 0 Å². The van der Waals surface area contributed by atoms with Crippen LogP contribution in [0.25, 0.3) is 11.5 Å². The maximum atomic E-state index is 13.7. The lowest BCUT2D eigenvalue weighted by Crippen LogP contribution is -2.17. The Balaban J connectivity index is 1.41. The zero-order valence-corrected chi connectivity index (χ0v) is 14.7. The van der Waals surface area contributed by atoms with Crippen LogP contribution in [0.15, 0.2) is 53.1 Å². The molecule has 7 heteroatoms. The van der Waals surface area contributed by atoms with E-state index in [1.54, 1.807) is 6.07 Å². The van der Waals surface area contributed by atoms with Crippen molar-refractivity contribution in [2.24, 2.45) is 0 Å². The summed E-state index contributed by atoms with van der Waals surface area (Å²) in [5.41, 5.74) is 1.39.